The molecule has 2 heterocycles. The topological polar surface area (TPSA) is 84.2 Å². The fourth-order valence-corrected chi connectivity index (χ4v) is 3.83. The van der Waals surface area contributed by atoms with E-state index in [1.54, 1.807) is 42.7 Å². The van der Waals surface area contributed by atoms with Gasteiger partial charge in [0.05, 0.1) is 29.8 Å². The highest BCUT2D eigenvalue weighted by molar-refractivity contribution is 8.01. The van der Waals surface area contributed by atoms with Gasteiger partial charge in [0, 0.05) is 11.1 Å². The molecule has 6 nitrogen and oxygen atoms in total. The Balaban J connectivity index is 1.58. The number of aromatic nitrogens is 1. The third-order valence-corrected chi connectivity index (χ3v) is 5.51. The average molecular weight is 387 g/mol. The van der Waals surface area contributed by atoms with Crippen LogP contribution in [0.5, 0.6) is 0 Å². The molecule has 0 spiro atoms. The predicted molar refractivity (Wildman–Crippen MR) is 103 cm³/mol. The molecule has 2 N–H and O–H groups in total. The molecule has 0 fully saturated rings. The minimum absolute atomic E-state index is 0.186. The molecular weight excluding hydrogens is 370 g/mol. The molecule has 0 saturated carbocycles. The molecule has 2 aromatic heterocycles. The number of para-hydroxylation sites is 1. The molecule has 8 heteroatoms. The highest BCUT2D eigenvalue weighted by Gasteiger charge is 2.14. The highest BCUT2D eigenvalue weighted by atomic mass is 32.2. The zero-order chi connectivity index (χ0) is 18.4. The van der Waals surface area contributed by atoms with Crippen molar-refractivity contribution in [3.63, 3.8) is 0 Å². The van der Waals surface area contributed by atoms with E-state index in [2.05, 4.69) is 15.6 Å². The van der Waals surface area contributed by atoms with E-state index in [0.29, 0.717) is 17.0 Å². The standard InChI is InChI=1S/C18H17N3O3S2/c1-12-10-25-18(20-12)26-11-16(22)21-15-7-3-2-6-14(15)17(23)19-9-13-5-4-8-24-13/h2-8,10H,9,11H2,1H3,(H,19,23)(H,21,22). The van der Waals surface area contributed by atoms with E-state index in [9.17, 15) is 9.59 Å². The number of amides is 2. The Morgan fingerprint density at radius 1 is 1.23 bits per heavy atom. The van der Waals surface area contributed by atoms with E-state index in [4.69, 9.17) is 4.42 Å². The van der Waals surface area contributed by atoms with Gasteiger partial charge in [-0.05, 0) is 31.2 Å². The molecule has 134 valence electrons. The van der Waals surface area contributed by atoms with Crippen molar-refractivity contribution in [2.75, 3.05) is 11.1 Å². The van der Waals surface area contributed by atoms with Crippen LogP contribution < -0.4 is 10.6 Å². The van der Waals surface area contributed by atoms with Gasteiger partial charge in [0.15, 0.2) is 4.34 Å². The molecule has 0 saturated heterocycles. The van der Waals surface area contributed by atoms with E-state index >= 15 is 0 Å². The van der Waals surface area contributed by atoms with Crippen molar-refractivity contribution < 1.29 is 14.0 Å². The summed E-state index contributed by atoms with van der Waals surface area (Å²) in [7, 11) is 0. The summed E-state index contributed by atoms with van der Waals surface area (Å²) in [6.07, 6.45) is 1.55. The third kappa shape index (κ3) is 4.96. The molecule has 0 unspecified atom stereocenters. The Morgan fingerprint density at radius 3 is 2.81 bits per heavy atom. The van der Waals surface area contributed by atoms with Gasteiger partial charge in [0.25, 0.3) is 5.91 Å². The zero-order valence-corrected chi connectivity index (χ0v) is 15.7. The van der Waals surface area contributed by atoms with Gasteiger partial charge in [0.2, 0.25) is 5.91 Å². The van der Waals surface area contributed by atoms with Gasteiger partial charge in [0.1, 0.15) is 5.76 Å². The SMILES string of the molecule is Cc1csc(SCC(=O)Nc2ccccc2C(=O)NCc2ccco2)n1. The first-order chi connectivity index (χ1) is 12.6. The largest absolute Gasteiger partial charge is 0.467 e. The maximum atomic E-state index is 12.4. The molecule has 3 rings (SSSR count). The van der Waals surface area contributed by atoms with Crippen molar-refractivity contribution in [3.8, 4) is 0 Å². The summed E-state index contributed by atoms with van der Waals surface area (Å²) in [5.41, 5.74) is 1.82. The van der Waals surface area contributed by atoms with Gasteiger partial charge in [-0.15, -0.1) is 11.3 Å². The van der Waals surface area contributed by atoms with Crippen molar-refractivity contribution in [1.29, 1.82) is 0 Å². The lowest BCUT2D eigenvalue weighted by molar-refractivity contribution is -0.113. The fraction of sp³-hybridized carbons (Fsp3) is 0.167. The van der Waals surface area contributed by atoms with E-state index in [0.717, 1.165) is 10.0 Å². The molecule has 0 aliphatic heterocycles. The van der Waals surface area contributed by atoms with Crippen LogP contribution in [-0.2, 0) is 11.3 Å². The van der Waals surface area contributed by atoms with Gasteiger partial charge in [-0.2, -0.15) is 0 Å². The minimum Gasteiger partial charge on any atom is -0.467 e. The lowest BCUT2D eigenvalue weighted by atomic mass is 10.1. The van der Waals surface area contributed by atoms with Crippen molar-refractivity contribution in [1.82, 2.24) is 10.3 Å². The zero-order valence-electron chi connectivity index (χ0n) is 14.0. The van der Waals surface area contributed by atoms with Crippen LogP contribution in [0.4, 0.5) is 5.69 Å². The number of aryl methyl sites for hydroxylation is 1. The van der Waals surface area contributed by atoms with Gasteiger partial charge >= 0.3 is 0 Å². The Hall–Kier alpha value is -2.58. The smallest absolute Gasteiger partial charge is 0.253 e. The highest BCUT2D eigenvalue weighted by Crippen LogP contribution is 2.23. The number of nitrogens with one attached hydrogen (secondary N) is 2. The number of hydrogen-bond acceptors (Lipinski definition) is 6. The Morgan fingerprint density at radius 2 is 2.08 bits per heavy atom. The number of anilines is 1. The van der Waals surface area contributed by atoms with Crippen LogP contribution in [0, 0.1) is 6.92 Å². The van der Waals surface area contributed by atoms with Crippen LogP contribution in [0.1, 0.15) is 21.8 Å². The monoisotopic (exact) mass is 387 g/mol. The van der Waals surface area contributed by atoms with Crippen molar-refractivity contribution in [3.05, 3.63) is 65.1 Å². The normalized spacial score (nSPS) is 10.5. The number of thiazole rings is 1. The first-order valence-electron chi connectivity index (χ1n) is 7.86. The number of nitrogens with zero attached hydrogens (tertiary/aromatic N) is 1. The number of benzene rings is 1. The second kappa shape index (κ2) is 8.68. The van der Waals surface area contributed by atoms with Crippen LogP contribution in [0.25, 0.3) is 0 Å². The number of thioether (sulfide) groups is 1. The summed E-state index contributed by atoms with van der Waals surface area (Å²) < 4.78 is 6.05. The first kappa shape index (κ1) is 18.2. The molecule has 26 heavy (non-hydrogen) atoms. The maximum Gasteiger partial charge on any atom is 0.253 e. The summed E-state index contributed by atoms with van der Waals surface area (Å²) >= 11 is 2.88. The summed E-state index contributed by atoms with van der Waals surface area (Å²) in [4.78, 5) is 28.9. The van der Waals surface area contributed by atoms with Crippen LogP contribution >= 0.6 is 23.1 Å². The molecule has 0 atom stereocenters. The lowest BCUT2D eigenvalue weighted by Gasteiger charge is -2.10. The van der Waals surface area contributed by atoms with Gasteiger partial charge in [-0.25, -0.2) is 4.98 Å². The Labute approximate surface area is 159 Å². The molecule has 0 aliphatic carbocycles. The Bertz CT molecular complexity index is 891. The van der Waals surface area contributed by atoms with Crippen molar-refractivity contribution >= 4 is 40.6 Å². The molecule has 3 aromatic rings. The van der Waals surface area contributed by atoms with Crippen molar-refractivity contribution in [2.24, 2.45) is 0 Å². The van der Waals surface area contributed by atoms with E-state index in [1.165, 1.54) is 23.1 Å². The van der Waals surface area contributed by atoms with E-state index < -0.39 is 0 Å². The summed E-state index contributed by atoms with van der Waals surface area (Å²) in [5, 5.41) is 7.52. The molecular formula is C18H17N3O3S2. The van der Waals surface area contributed by atoms with Crippen LogP contribution in [-0.4, -0.2) is 22.6 Å². The van der Waals surface area contributed by atoms with E-state index in [1.807, 2.05) is 12.3 Å². The third-order valence-electron chi connectivity index (χ3n) is 3.37. The molecule has 0 bridgehead atoms. The molecule has 1 aromatic carbocycles. The van der Waals surface area contributed by atoms with Gasteiger partial charge in [-0.3, -0.25) is 9.59 Å². The fourth-order valence-electron chi connectivity index (χ4n) is 2.18. The number of carbonyl (C=O) groups is 2. The van der Waals surface area contributed by atoms with Gasteiger partial charge < -0.3 is 15.1 Å². The second-order valence-electron chi connectivity index (χ2n) is 5.40. The van der Waals surface area contributed by atoms with E-state index in [-0.39, 0.29) is 24.1 Å². The predicted octanol–water partition coefficient (Wildman–Crippen LogP) is 3.71. The lowest BCUT2D eigenvalue weighted by Crippen LogP contribution is -2.25. The average Bonchev–Trinajstić information content (AvgIpc) is 3.30. The Kier molecular flexibility index (Phi) is 6.08. The quantitative estimate of drug-likeness (QED) is 0.604. The molecule has 0 radical (unpaired) electrons. The molecule has 0 aliphatic rings. The summed E-state index contributed by atoms with van der Waals surface area (Å²) in [6.45, 7) is 2.20. The van der Waals surface area contributed by atoms with Crippen LogP contribution in [0.15, 0.2) is 56.8 Å². The molecule has 2 amide bonds. The number of carbonyl (C=O) groups excluding carboxylic acids is 2. The number of hydrogen-bond donors (Lipinski definition) is 2. The first-order valence-corrected chi connectivity index (χ1v) is 9.73. The summed E-state index contributed by atoms with van der Waals surface area (Å²) in [6, 6.07) is 10.5. The van der Waals surface area contributed by atoms with Crippen LogP contribution in [0.2, 0.25) is 0 Å². The maximum absolute atomic E-state index is 12.4. The summed E-state index contributed by atoms with van der Waals surface area (Å²) in [5.74, 6) is 0.430. The second-order valence-corrected chi connectivity index (χ2v) is 7.48. The van der Waals surface area contributed by atoms with Crippen molar-refractivity contribution in [2.45, 2.75) is 17.8 Å². The minimum atomic E-state index is -0.277. The number of furan rings is 1. The van der Waals surface area contributed by atoms with Crippen LogP contribution in [0.3, 0.4) is 0 Å². The van der Waals surface area contributed by atoms with Gasteiger partial charge in [-0.1, -0.05) is 23.9 Å². The number of rotatable bonds is 7.